The highest BCUT2D eigenvalue weighted by molar-refractivity contribution is 6.01. The number of carboxylic acids is 1. The highest BCUT2D eigenvalue weighted by Crippen LogP contribution is 2.19. The van der Waals surface area contributed by atoms with E-state index in [1.165, 1.54) is 0 Å². The fourth-order valence-electron chi connectivity index (χ4n) is 2.11. The zero-order chi connectivity index (χ0) is 13.9. The number of rotatable bonds is 4. The molecule has 0 saturated carbocycles. The Morgan fingerprint density at radius 1 is 1.50 bits per heavy atom. The molecular formula is C12H20N2O4. The van der Waals surface area contributed by atoms with E-state index in [4.69, 9.17) is 5.73 Å². The maximum atomic E-state index is 12.0. The molecule has 1 heterocycles. The van der Waals surface area contributed by atoms with Crippen molar-refractivity contribution in [3.63, 3.8) is 0 Å². The fourth-order valence-corrected chi connectivity index (χ4v) is 2.11. The molecule has 0 radical (unpaired) electrons. The molecule has 1 aliphatic heterocycles. The van der Waals surface area contributed by atoms with Crippen LogP contribution in [-0.4, -0.2) is 39.9 Å². The minimum Gasteiger partial charge on any atom is -0.480 e. The highest BCUT2D eigenvalue weighted by Gasteiger charge is 2.38. The molecule has 6 heteroatoms. The summed E-state index contributed by atoms with van der Waals surface area (Å²) in [5, 5.41) is 9.20. The number of carbonyl (C=O) groups is 3. The van der Waals surface area contributed by atoms with Crippen molar-refractivity contribution in [1.82, 2.24) is 4.90 Å². The molecule has 6 nitrogen and oxygen atoms in total. The van der Waals surface area contributed by atoms with Crippen LogP contribution in [0.15, 0.2) is 0 Å². The predicted octanol–water partition coefficient (Wildman–Crippen LogP) is 0.352. The molecule has 18 heavy (non-hydrogen) atoms. The molecule has 0 aliphatic carbocycles. The van der Waals surface area contributed by atoms with Gasteiger partial charge in [0, 0.05) is 6.42 Å². The van der Waals surface area contributed by atoms with Crippen LogP contribution in [0.1, 0.15) is 39.5 Å². The Kier molecular flexibility index (Phi) is 4.84. The van der Waals surface area contributed by atoms with E-state index in [1.54, 1.807) is 0 Å². The Morgan fingerprint density at radius 2 is 2.11 bits per heavy atom. The summed E-state index contributed by atoms with van der Waals surface area (Å²) in [5.74, 6) is -2.07. The number of nitrogens with two attached hydrogens (primary N) is 1. The molecule has 3 N–H and O–H groups in total. The van der Waals surface area contributed by atoms with Crippen LogP contribution in [0.25, 0.3) is 0 Å². The molecule has 1 saturated heterocycles. The molecule has 0 aromatic heterocycles. The van der Waals surface area contributed by atoms with Gasteiger partial charge in [-0.25, -0.2) is 4.79 Å². The van der Waals surface area contributed by atoms with Gasteiger partial charge in [-0.3, -0.25) is 14.5 Å². The first-order valence-electron chi connectivity index (χ1n) is 6.19. The number of likely N-dealkylation sites (tertiary alicyclic amines) is 1. The zero-order valence-electron chi connectivity index (χ0n) is 10.8. The monoisotopic (exact) mass is 256 g/mol. The molecule has 0 aromatic rings. The molecule has 0 bridgehead atoms. The van der Waals surface area contributed by atoms with Gasteiger partial charge >= 0.3 is 5.97 Å². The van der Waals surface area contributed by atoms with Crippen LogP contribution in [-0.2, 0) is 14.4 Å². The van der Waals surface area contributed by atoms with Crippen LogP contribution in [0.4, 0.5) is 0 Å². The lowest BCUT2D eigenvalue weighted by atomic mass is 10.0. The van der Waals surface area contributed by atoms with Gasteiger partial charge in [0.2, 0.25) is 11.8 Å². The van der Waals surface area contributed by atoms with Crippen LogP contribution in [0.3, 0.4) is 0 Å². The van der Waals surface area contributed by atoms with Crippen molar-refractivity contribution < 1.29 is 19.5 Å². The Morgan fingerprint density at radius 3 is 2.61 bits per heavy atom. The first-order valence-corrected chi connectivity index (χ1v) is 6.19. The standard InChI is InChI=1S/C12H20N2O4/c1-7(2)6-9(12(17)18)14-10(15)5-3-4-8(13)11(14)16/h7-9H,3-6,13H2,1-2H3,(H,17,18)/t8?,9-/m0/s1. The highest BCUT2D eigenvalue weighted by atomic mass is 16.4. The molecule has 0 aromatic carbocycles. The van der Waals surface area contributed by atoms with Crippen LogP contribution >= 0.6 is 0 Å². The van der Waals surface area contributed by atoms with E-state index >= 15 is 0 Å². The summed E-state index contributed by atoms with van der Waals surface area (Å²) in [4.78, 5) is 36.0. The number of carbonyl (C=O) groups excluding carboxylic acids is 2. The summed E-state index contributed by atoms with van der Waals surface area (Å²) in [6.45, 7) is 3.70. The third kappa shape index (κ3) is 3.29. The molecule has 1 unspecified atom stereocenters. The SMILES string of the molecule is CC(C)C[C@@H](C(=O)O)N1C(=O)CCCC(N)C1=O. The Balaban J connectivity index is 3.01. The Hall–Kier alpha value is -1.43. The summed E-state index contributed by atoms with van der Waals surface area (Å²) < 4.78 is 0. The van der Waals surface area contributed by atoms with E-state index < -0.39 is 29.9 Å². The van der Waals surface area contributed by atoms with Crippen molar-refractivity contribution in [1.29, 1.82) is 0 Å². The van der Waals surface area contributed by atoms with E-state index in [2.05, 4.69) is 0 Å². The Labute approximate surface area is 106 Å². The summed E-state index contributed by atoms with van der Waals surface area (Å²) in [5.41, 5.74) is 5.66. The molecule has 2 amide bonds. The number of carboxylic acid groups (broad SMARTS) is 1. The first-order chi connectivity index (χ1) is 8.34. The van der Waals surface area contributed by atoms with Gasteiger partial charge in [0.05, 0.1) is 6.04 Å². The average molecular weight is 256 g/mol. The largest absolute Gasteiger partial charge is 0.480 e. The second-order valence-electron chi connectivity index (χ2n) is 5.08. The molecule has 1 aliphatic rings. The second-order valence-corrected chi connectivity index (χ2v) is 5.08. The van der Waals surface area contributed by atoms with Gasteiger partial charge in [-0.15, -0.1) is 0 Å². The van der Waals surface area contributed by atoms with Crippen LogP contribution in [0.5, 0.6) is 0 Å². The number of amides is 2. The average Bonchev–Trinajstić information content (AvgIpc) is 2.37. The molecule has 1 rings (SSSR count). The molecule has 1 fully saturated rings. The van der Waals surface area contributed by atoms with Gasteiger partial charge in [-0.05, 0) is 25.2 Å². The Bertz CT molecular complexity index is 354. The van der Waals surface area contributed by atoms with E-state index in [1.807, 2.05) is 13.8 Å². The molecule has 102 valence electrons. The molecule has 2 atom stereocenters. The summed E-state index contributed by atoms with van der Waals surface area (Å²) in [6, 6.07) is -1.88. The number of hydrogen-bond acceptors (Lipinski definition) is 4. The van der Waals surface area contributed by atoms with Gasteiger partial charge in [0.25, 0.3) is 0 Å². The third-order valence-electron chi connectivity index (χ3n) is 3.02. The van der Waals surface area contributed by atoms with Crippen LogP contribution in [0.2, 0.25) is 0 Å². The van der Waals surface area contributed by atoms with Gasteiger partial charge in [-0.2, -0.15) is 0 Å². The number of aliphatic carboxylic acids is 1. The van der Waals surface area contributed by atoms with E-state index in [0.717, 1.165) is 4.90 Å². The smallest absolute Gasteiger partial charge is 0.326 e. The van der Waals surface area contributed by atoms with E-state index in [9.17, 15) is 19.5 Å². The topological polar surface area (TPSA) is 101 Å². The van der Waals surface area contributed by atoms with Crippen molar-refractivity contribution >= 4 is 17.8 Å². The van der Waals surface area contributed by atoms with Crippen LogP contribution < -0.4 is 5.73 Å². The lowest BCUT2D eigenvalue weighted by Gasteiger charge is -2.28. The van der Waals surface area contributed by atoms with Crippen molar-refractivity contribution in [3.05, 3.63) is 0 Å². The van der Waals surface area contributed by atoms with Gasteiger partial charge < -0.3 is 10.8 Å². The zero-order valence-corrected chi connectivity index (χ0v) is 10.8. The van der Waals surface area contributed by atoms with Crippen molar-refractivity contribution in [3.8, 4) is 0 Å². The second kappa shape index (κ2) is 5.95. The maximum absolute atomic E-state index is 12.0. The van der Waals surface area contributed by atoms with E-state index in [0.29, 0.717) is 12.8 Å². The van der Waals surface area contributed by atoms with Gasteiger partial charge in [0.15, 0.2) is 0 Å². The molecular weight excluding hydrogens is 236 g/mol. The van der Waals surface area contributed by atoms with Crippen molar-refractivity contribution in [2.75, 3.05) is 0 Å². The fraction of sp³-hybridized carbons (Fsp3) is 0.750. The predicted molar refractivity (Wildman–Crippen MR) is 64.6 cm³/mol. The number of imide groups is 1. The first kappa shape index (κ1) is 14.6. The summed E-state index contributed by atoms with van der Waals surface area (Å²) >= 11 is 0. The van der Waals surface area contributed by atoms with Gasteiger partial charge in [-0.1, -0.05) is 13.8 Å². The van der Waals surface area contributed by atoms with Gasteiger partial charge in [0.1, 0.15) is 6.04 Å². The van der Waals surface area contributed by atoms with Crippen molar-refractivity contribution in [2.45, 2.75) is 51.6 Å². The lowest BCUT2D eigenvalue weighted by Crippen LogP contribution is -2.53. The van der Waals surface area contributed by atoms with E-state index in [-0.39, 0.29) is 18.8 Å². The summed E-state index contributed by atoms with van der Waals surface area (Å²) in [6.07, 6.45) is 1.38. The lowest BCUT2D eigenvalue weighted by molar-refractivity contribution is -0.158. The van der Waals surface area contributed by atoms with Crippen LogP contribution in [0, 0.1) is 5.92 Å². The minimum absolute atomic E-state index is 0.0752. The minimum atomic E-state index is -1.15. The van der Waals surface area contributed by atoms with Crippen molar-refractivity contribution in [2.24, 2.45) is 11.7 Å². The molecule has 0 spiro atoms. The normalized spacial score (nSPS) is 23.1. The maximum Gasteiger partial charge on any atom is 0.326 e. The quantitative estimate of drug-likeness (QED) is 0.707. The third-order valence-corrected chi connectivity index (χ3v) is 3.02. The number of nitrogens with zero attached hydrogens (tertiary/aromatic N) is 1. The summed E-state index contributed by atoms with van der Waals surface area (Å²) in [7, 11) is 0. The number of hydrogen-bond donors (Lipinski definition) is 2.